The molecule has 160 valence electrons. The monoisotopic (exact) mass is 399 g/mol. The predicted octanol–water partition coefficient (Wildman–Crippen LogP) is 6.72. The first-order valence-electron chi connectivity index (χ1n) is 11.2. The third-order valence-electron chi connectivity index (χ3n) is 5.25. The first-order valence-corrected chi connectivity index (χ1v) is 11.2. The van der Waals surface area contributed by atoms with E-state index in [9.17, 15) is 4.79 Å². The van der Waals surface area contributed by atoms with E-state index in [1.807, 2.05) is 43.3 Å². The van der Waals surface area contributed by atoms with E-state index in [0.717, 1.165) is 67.2 Å². The molecule has 0 saturated heterocycles. The summed E-state index contributed by atoms with van der Waals surface area (Å²) in [6.45, 7) is 9.58. The summed E-state index contributed by atoms with van der Waals surface area (Å²) in [5, 5.41) is 5.14. The van der Waals surface area contributed by atoms with Gasteiger partial charge in [0.1, 0.15) is 11.4 Å². The second kappa shape index (κ2) is 11.8. The van der Waals surface area contributed by atoms with Crippen LogP contribution >= 0.6 is 0 Å². The molecule has 1 N–H and O–H groups in total. The molecule has 2 aromatic rings. The number of carbonyl (C=O) groups is 1. The van der Waals surface area contributed by atoms with Crippen molar-refractivity contribution in [2.24, 2.45) is 0 Å². The average molecular weight is 400 g/mol. The largest absolute Gasteiger partial charge is 0.493 e. The van der Waals surface area contributed by atoms with Crippen LogP contribution in [0.2, 0.25) is 0 Å². The van der Waals surface area contributed by atoms with Gasteiger partial charge in [-0.15, -0.1) is 0 Å². The van der Waals surface area contributed by atoms with E-state index in [1.165, 1.54) is 0 Å². The van der Waals surface area contributed by atoms with E-state index in [0.29, 0.717) is 13.2 Å². The second-order valence-corrected chi connectivity index (χ2v) is 7.85. The molecular weight excluding hydrogens is 362 g/mol. The zero-order valence-electron chi connectivity index (χ0n) is 18.6. The number of unbranched alkanes of at least 4 members (excludes halogenated alkanes) is 3. The van der Waals surface area contributed by atoms with Gasteiger partial charge in [0.2, 0.25) is 0 Å². The molecule has 0 heterocycles. The lowest BCUT2D eigenvalue weighted by Crippen LogP contribution is -2.43. The van der Waals surface area contributed by atoms with Gasteiger partial charge in [-0.05, 0) is 38.3 Å². The maximum Gasteiger partial charge on any atom is 0.256 e. The summed E-state index contributed by atoms with van der Waals surface area (Å²) in [6, 6.07) is 11.9. The Morgan fingerprint density at radius 3 is 2.31 bits per heavy atom. The molecule has 2 aromatic carbocycles. The number of amides is 1. The number of nitrogens with one attached hydrogen (secondary N) is 1. The van der Waals surface area contributed by atoms with Gasteiger partial charge in [-0.3, -0.25) is 4.79 Å². The maximum atomic E-state index is 13.2. The van der Waals surface area contributed by atoms with E-state index in [1.54, 1.807) is 0 Å². The molecule has 0 aliphatic heterocycles. The molecule has 0 spiro atoms. The lowest BCUT2D eigenvalue weighted by molar-refractivity contribution is -0.140. The second-order valence-electron chi connectivity index (χ2n) is 7.85. The van der Waals surface area contributed by atoms with Crippen LogP contribution in [0.15, 0.2) is 36.4 Å². The zero-order chi connectivity index (χ0) is 21.1. The Labute approximate surface area is 176 Å². The van der Waals surface area contributed by atoms with Gasteiger partial charge in [0.15, 0.2) is 0 Å². The molecule has 0 aliphatic carbocycles. The lowest BCUT2D eigenvalue weighted by Gasteiger charge is -2.29. The molecule has 0 radical (unpaired) electrons. The first-order chi connectivity index (χ1) is 14.1. The maximum absolute atomic E-state index is 13.2. The molecule has 0 aromatic heterocycles. The minimum atomic E-state index is -0.817. The summed E-state index contributed by atoms with van der Waals surface area (Å²) < 4.78 is 12.0. The summed E-state index contributed by atoms with van der Waals surface area (Å²) >= 11 is 0. The third-order valence-corrected chi connectivity index (χ3v) is 5.25. The van der Waals surface area contributed by atoms with E-state index >= 15 is 0 Å². The van der Waals surface area contributed by atoms with Gasteiger partial charge in [-0.25, -0.2) is 0 Å². The van der Waals surface area contributed by atoms with E-state index < -0.39 is 5.60 Å². The molecular formula is C25H37NO3. The number of fused-ring (bicyclic) bond motifs is 1. The molecule has 1 amide bonds. The predicted molar refractivity (Wildman–Crippen MR) is 122 cm³/mol. The third kappa shape index (κ3) is 6.46. The summed E-state index contributed by atoms with van der Waals surface area (Å²) in [5.74, 6) is 0.784. The van der Waals surface area contributed by atoms with Crippen LogP contribution in [0.1, 0.15) is 72.6 Å². The Balaban J connectivity index is 2.24. The molecule has 4 nitrogen and oxygen atoms in total. The van der Waals surface area contributed by atoms with Crippen molar-refractivity contribution < 1.29 is 14.3 Å². The van der Waals surface area contributed by atoms with Crippen molar-refractivity contribution in [3.8, 4) is 5.75 Å². The Hall–Kier alpha value is -2.07. The summed E-state index contributed by atoms with van der Waals surface area (Å²) in [7, 11) is 0. The fourth-order valence-corrected chi connectivity index (χ4v) is 3.38. The van der Waals surface area contributed by atoms with Gasteiger partial charge in [0, 0.05) is 23.1 Å². The van der Waals surface area contributed by atoms with Crippen LogP contribution < -0.4 is 10.1 Å². The SMILES string of the molecule is CCCCC[C@@](C)(OCCC)C(=O)Nc1ccc(OCCCC)c2ccccc12. The molecule has 0 saturated carbocycles. The minimum absolute atomic E-state index is 0.0770. The zero-order valence-corrected chi connectivity index (χ0v) is 18.6. The number of anilines is 1. The number of carbonyl (C=O) groups excluding carboxylic acids is 1. The standard InChI is InChI=1S/C25H37NO3/c1-5-8-12-17-25(4,29-18-7-3)24(27)26-22-15-16-23(28-19-9-6-2)21-14-11-10-13-20(21)22/h10-11,13-16H,5-9,12,17-19H2,1-4H3,(H,26,27)/t25-/m1/s1. The van der Waals surface area contributed by atoms with E-state index in [-0.39, 0.29) is 5.91 Å². The van der Waals surface area contributed by atoms with Crippen molar-refractivity contribution in [3.05, 3.63) is 36.4 Å². The topological polar surface area (TPSA) is 47.6 Å². The van der Waals surface area contributed by atoms with Crippen molar-refractivity contribution in [2.75, 3.05) is 18.5 Å². The molecule has 2 rings (SSSR count). The van der Waals surface area contributed by atoms with Gasteiger partial charge in [0.25, 0.3) is 5.91 Å². The first kappa shape index (κ1) is 23.2. The van der Waals surface area contributed by atoms with Crippen LogP contribution in [0.25, 0.3) is 10.8 Å². The minimum Gasteiger partial charge on any atom is -0.493 e. The Morgan fingerprint density at radius 1 is 0.897 bits per heavy atom. The van der Waals surface area contributed by atoms with Gasteiger partial charge < -0.3 is 14.8 Å². The van der Waals surface area contributed by atoms with Crippen molar-refractivity contribution in [1.29, 1.82) is 0 Å². The number of benzene rings is 2. The highest BCUT2D eigenvalue weighted by Gasteiger charge is 2.33. The molecule has 0 bridgehead atoms. The fourth-order valence-electron chi connectivity index (χ4n) is 3.38. The number of ether oxygens (including phenoxy) is 2. The normalized spacial score (nSPS) is 13.2. The quantitative estimate of drug-likeness (QED) is 0.380. The van der Waals surface area contributed by atoms with Crippen LogP contribution in [0.5, 0.6) is 5.75 Å². The molecule has 0 fully saturated rings. The van der Waals surface area contributed by atoms with Crippen LogP contribution in [-0.2, 0) is 9.53 Å². The van der Waals surface area contributed by atoms with Crippen LogP contribution in [-0.4, -0.2) is 24.7 Å². The van der Waals surface area contributed by atoms with Crippen molar-refractivity contribution in [2.45, 2.75) is 78.2 Å². The smallest absolute Gasteiger partial charge is 0.256 e. The van der Waals surface area contributed by atoms with Crippen molar-refractivity contribution in [3.63, 3.8) is 0 Å². The van der Waals surface area contributed by atoms with Crippen LogP contribution in [0.3, 0.4) is 0 Å². The van der Waals surface area contributed by atoms with E-state index in [2.05, 4.69) is 26.1 Å². The number of rotatable bonds is 13. The molecule has 0 unspecified atom stereocenters. The van der Waals surface area contributed by atoms with E-state index in [4.69, 9.17) is 9.47 Å². The summed E-state index contributed by atoms with van der Waals surface area (Å²) in [4.78, 5) is 13.2. The van der Waals surface area contributed by atoms with Crippen LogP contribution in [0.4, 0.5) is 5.69 Å². The molecule has 29 heavy (non-hydrogen) atoms. The van der Waals surface area contributed by atoms with Crippen molar-refractivity contribution in [1.82, 2.24) is 0 Å². The number of hydrogen-bond acceptors (Lipinski definition) is 3. The van der Waals surface area contributed by atoms with Gasteiger partial charge in [-0.1, -0.05) is 70.7 Å². The Bertz CT molecular complexity index is 774. The number of hydrogen-bond donors (Lipinski definition) is 1. The Kier molecular flexibility index (Phi) is 9.46. The highest BCUT2D eigenvalue weighted by atomic mass is 16.5. The Morgan fingerprint density at radius 2 is 1.62 bits per heavy atom. The summed E-state index contributed by atoms with van der Waals surface area (Å²) in [6.07, 6.45) is 6.94. The van der Waals surface area contributed by atoms with Gasteiger partial charge in [0.05, 0.1) is 6.61 Å². The molecule has 1 atom stereocenters. The lowest BCUT2D eigenvalue weighted by atomic mass is 9.96. The van der Waals surface area contributed by atoms with Gasteiger partial charge in [-0.2, -0.15) is 0 Å². The molecule has 4 heteroatoms. The van der Waals surface area contributed by atoms with Crippen LogP contribution in [0, 0.1) is 0 Å². The summed E-state index contributed by atoms with van der Waals surface area (Å²) in [5.41, 5.74) is -0.0157. The fraction of sp³-hybridized carbons (Fsp3) is 0.560. The van der Waals surface area contributed by atoms with Gasteiger partial charge >= 0.3 is 0 Å². The highest BCUT2D eigenvalue weighted by molar-refractivity contribution is 6.06. The van der Waals surface area contributed by atoms with Crippen molar-refractivity contribution >= 4 is 22.4 Å². The molecule has 0 aliphatic rings. The average Bonchev–Trinajstić information content (AvgIpc) is 2.74. The highest BCUT2D eigenvalue weighted by Crippen LogP contribution is 2.33.